The van der Waals surface area contributed by atoms with E-state index in [1.54, 1.807) is 24.3 Å². The van der Waals surface area contributed by atoms with Gasteiger partial charge in [-0.3, -0.25) is 0 Å². The van der Waals surface area contributed by atoms with E-state index < -0.39 is 9.84 Å². The molecule has 2 unspecified atom stereocenters. The minimum atomic E-state index is -3.16. The highest BCUT2D eigenvalue weighted by atomic mass is 35.5. The van der Waals surface area contributed by atoms with Crippen molar-refractivity contribution in [3.8, 4) is 0 Å². The van der Waals surface area contributed by atoms with Crippen LogP contribution >= 0.6 is 11.6 Å². The van der Waals surface area contributed by atoms with Gasteiger partial charge in [-0.1, -0.05) is 37.6 Å². The predicted octanol–water partition coefficient (Wildman–Crippen LogP) is 3.03. The zero-order valence-electron chi connectivity index (χ0n) is 12.2. The summed E-state index contributed by atoms with van der Waals surface area (Å²) in [7, 11) is -1.31. The van der Waals surface area contributed by atoms with Crippen LogP contribution in [0.25, 0.3) is 0 Å². The maximum atomic E-state index is 12.7. The Balaban J connectivity index is 2.20. The Hall–Kier alpha value is -0.580. The monoisotopic (exact) mass is 315 g/mol. The third-order valence-corrected chi connectivity index (χ3v) is 6.76. The van der Waals surface area contributed by atoms with E-state index in [1.807, 2.05) is 7.05 Å². The summed E-state index contributed by atoms with van der Waals surface area (Å²) in [4.78, 5) is 0. The van der Waals surface area contributed by atoms with Crippen LogP contribution < -0.4 is 5.32 Å². The fourth-order valence-electron chi connectivity index (χ4n) is 3.22. The summed E-state index contributed by atoms with van der Waals surface area (Å²) in [5, 5.41) is 3.52. The Morgan fingerprint density at radius 1 is 1.30 bits per heavy atom. The van der Waals surface area contributed by atoms with Crippen LogP contribution in [0.3, 0.4) is 0 Å². The SMILES string of the molecule is CNC1C(S(=O)(=O)Cc2ccc(Cl)cc2)CCC1(C)C. The summed E-state index contributed by atoms with van der Waals surface area (Å²) in [6.07, 6.45) is 1.66. The van der Waals surface area contributed by atoms with Crippen LogP contribution in [0.2, 0.25) is 5.02 Å². The van der Waals surface area contributed by atoms with Crippen LogP contribution in [0.15, 0.2) is 24.3 Å². The van der Waals surface area contributed by atoms with Crippen LogP contribution in [-0.2, 0) is 15.6 Å². The lowest BCUT2D eigenvalue weighted by Crippen LogP contribution is -2.46. The highest BCUT2D eigenvalue weighted by Gasteiger charge is 2.46. The first-order valence-electron chi connectivity index (χ1n) is 6.89. The van der Waals surface area contributed by atoms with Gasteiger partial charge in [0, 0.05) is 11.1 Å². The maximum Gasteiger partial charge on any atom is 0.158 e. The van der Waals surface area contributed by atoms with Crippen LogP contribution in [0.1, 0.15) is 32.3 Å². The Kier molecular flexibility index (Phi) is 4.47. The number of halogens is 1. The van der Waals surface area contributed by atoms with E-state index >= 15 is 0 Å². The molecule has 1 aliphatic carbocycles. The standard InChI is InChI=1S/C15H22ClNO2S/c1-15(2)9-8-13(14(15)17-3)20(18,19)10-11-4-6-12(16)7-5-11/h4-7,13-14,17H,8-10H2,1-3H3. The van der Waals surface area contributed by atoms with Gasteiger partial charge >= 0.3 is 0 Å². The molecule has 0 aromatic heterocycles. The van der Waals surface area contributed by atoms with Gasteiger partial charge in [0.15, 0.2) is 9.84 Å². The third-order valence-electron chi connectivity index (χ3n) is 4.34. The molecular formula is C15H22ClNO2S. The molecule has 0 spiro atoms. The Morgan fingerprint density at radius 2 is 1.90 bits per heavy atom. The highest BCUT2D eigenvalue weighted by molar-refractivity contribution is 7.91. The molecule has 2 rings (SSSR count). The fraction of sp³-hybridized carbons (Fsp3) is 0.600. The minimum absolute atomic E-state index is 0.0137. The molecule has 0 aliphatic heterocycles. The molecule has 3 nitrogen and oxygen atoms in total. The van der Waals surface area contributed by atoms with Gasteiger partial charge in [-0.2, -0.15) is 0 Å². The molecule has 1 aromatic carbocycles. The summed E-state index contributed by atoms with van der Waals surface area (Å²) >= 11 is 5.83. The highest BCUT2D eigenvalue weighted by Crippen LogP contribution is 2.41. The molecule has 2 atom stereocenters. The van der Waals surface area contributed by atoms with Crippen molar-refractivity contribution in [1.29, 1.82) is 0 Å². The average Bonchev–Trinajstić information content (AvgIpc) is 2.67. The van der Waals surface area contributed by atoms with E-state index in [1.165, 1.54) is 0 Å². The third kappa shape index (κ3) is 3.18. The second kappa shape index (κ2) is 5.66. The van der Waals surface area contributed by atoms with Gasteiger partial charge in [-0.05, 0) is 43.0 Å². The molecule has 1 N–H and O–H groups in total. The van der Waals surface area contributed by atoms with Crippen molar-refractivity contribution in [1.82, 2.24) is 5.32 Å². The first kappa shape index (κ1) is 15.8. The summed E-state index contributed by atoms with van der Waals surface area (Å²) < 4.78 is 25.3. The Morgan fingerprint density at radius 3 is 2.45 bits per heavy atom. The van der Waals surface area contributed by atoms with E-state index in [2.05, 4.69) is 19.2 Å². The lowest BCUT2D eigenvalue weighted by atomic mass is 9.87. The van der Waals surface area contributed by atoms with Gasteiger partial charge in [-0.15, -0.1) is 0 Å². The van der Waals surface area contributed by atoms with E-state index in [0.717, 1.165) is 18.4 Å². The molecule has 5 heteroatoms. The Bertz CT molecular complexity index is 566. The van der Waals surface area contributed by atoms with Gasteiger partial charge in [0.2, 0.25) is 0 Å². The first-order valence-corrected chi connectivity index (χ1v) is 8.99. The van der Waals surface area contributed by atoms with E-state index in [-0.39, 0.29) is 22.5 Å². The molecular weight excluding hydrogens is 294 g/mol. The lowest BCUT2D eigenvalue weighted by Gasteiger charge is -2.30. The molecule has 0 radical (unpaired) electrons. The second-order valence-corrected chi connectivity index (χ2v) is 8.92. The van der Waals surface area contributed by atoms with Crippen LogP contribution in [-0.4, -0.2) is 26.8 Å². The van der Waals surface area contributed by atoms with Crippen molar-refractivity contribution in [2.45, 2.75) is 43.7 Å². The molecule has 0 saturated heterocycles. The average molecular weight is 316 g/mol. The van der Waals surface area contributed by atoms with E-state index in [0.29, 0.717) is 5.02 Å². The molecule has 1 saturated carbocycles. The smallest absolute Gasteiger partial charge is 0.158 e. The number of benzene rings is 1. The van der Waals surface area contributed by atoms with Gasteiger partial charge in [-0.25, -0.2) is 8.42 Å². The van der Waals surface area contributed by atoms with Crippen molar-refractivity contribution in [2.75, 3.05) is 7.05 Å². The lowest BCUT2D eigenvalue weighted by molar-refractivity contribution is 0.297. The maximum absolute atomic E-state index is 12.7. The largest absolute Gasteiger partial charge is 0.315 e. The quantitative estimate of drug-likeness (QED) is 0.929. The van der Waals surface area contributed by atoms with Crippen molar-refractivity contribution >= 4 is 21.4 Å². The zero-order valence-corrected chi connectivity index (χ0v) is 13.8. The Labute approximate surface area is 126 Å². The number of rotatable bonds is 4. The normalized spacial score (nSPS) is 25.8. The van der Waals surface area contributed by atoms with Gasteiger partial charge in [0.05, 0.1) is 11.0 Å². The molecule has 1 fully saturated rings. The molecule has 112 valence electrons. The van der Waals surface area contributed by atoms with E-state index in [9.17, 15) is 8.42 Å². The summed E-state index contributed by atoms with van der Waals surface area (Å²) in [5.41, 5.74) is 0.820. The van der Waals surface area contributed by atoms with Gasteiger partial charge < -0.3 is 5.32 Å². The molecule has 1 aromatic rings. The number of hydrogen-bond acceptors (Lipinski definition) is 3. The topological polar surface area (TPSA) is 46.2 Å². The van der Waals surface area contributed by atoms with Crippen molar-refractivity contribution in [2.24, 2.45) is 5.41 Å². The van der Waals surface area contributed by atoms with E-state index in [4.69, 9.17) is 11.6 Å². The summed E-state index contributed by atoms with van der Waals surface area (Å²) in [6.45, 7) is 4.26. The zero-order chi connectivity index (χ0) is 15.0. The van der Waals surface area contributed by atoms with Gasteiger partial charge in [0.1, 0.15) is 0 Å². The first-order chi connectivity index (χ1) is 9.26. The molecule has 0 heterocycles. The van der Waals surface area contributed by atoms with Crippen LogP contribution in [0.5, 0.6) is 0 Å². The summed E-state index contributed by atoms with van der Waals surface area (Å²) in [6, 6.07) is 7.06. The molecule has 1 aliphatic rings. The minimum Gasteiger partial charge on any atom is -0.315 e. The van der Waals surface area contributed by atoms with Crippen LogP contribution in [0, 0.1) is 5.41 Å². The number of sulfone groups is 1. The summed E-state index contributed by atoms with van der Waals surface area (Å²) in [5.74, 6) is 0.0864. The van der Waals surface area contributed by atoms with Crippen molar-refractivity contribution < 1.29 is 8.42 Å². The van der Waals surface area contributed by atoms with Crippen molar-refractivity contribution in [3.05, 3.63) is 34.9 Å². The van der Waals surface area contributed by atoms with Crippen molar-refractivity contribution in [3.63, 3.8) is 0 Å². The predicted molar refractivity (Wildman–Crippen MR) is 83.7 cm³/mol. The molecule has 20 heavy (non-hydrogen) atoms. The van der Waals surface area contributed by atoms with Crippen LogP contribution in [0.4, 0.5) is 0 Å². The van der Waals surface area contributed by atoms with Gasteiger partial charge in [0.25, 0.3) is 0 Å². The fourth-order valence-corrected chi connectivity index (χ4v) is 5.62. The molecule has 0 amide bonds. The number of nitrogens with one attached hydrogen (secondary N) is 1. The number of hydrogen-bond donors (Lipinski definition) is 1. The molecule has 0 bridgehead atoms. The second-order valence-electron chi connectivity index (χ2n) is 6.27.